The van der Waals surface area contributed by atoms with Crippen molar-refractivity contribution < 1.29 is 5.11 Å². The summed E-state index contributed by atoms with van der Waals surface area (Å²) in [6.45, 7) is 5.78. The van der Waals surface area contributed by atoms with Crippen molar-refractivity contribution in [2.75, 3.05) is 13.1 Å². The second-order valence-electron chi connectivity index (χ2n) is 4.90. The van der Waals surface area contributed by atoms with Gasteiger partial charge in [-0.1, -0.05) is 12.8 Å². The summed E-state index contributed by atoms with van der Waals surface area (Å²) in [5, 5.41) is 12.8. The smallest absolute Gasteiger partial charge is 0.0603 e. The highest BCUT2D eigenvalue weighted by Gasteiger charge is 2.19. The van der Waals surface area contributed by atoms with E-state index in [1.165, 1.54) is 25.7 Å². The molecule has 0 heterocycles. The molecule has 0 atom stereocenters. The normalized spacial score (nSPS) is 17.8. The van der Waals surface area contributed by atoms with Crippen LogP contribution in [0, 0.1) is 5.92 Å². The average Bonchev–Trinajstić information content (AvgIpc) is 2.77. The van der Waals surface area contributed by atoms with Gasteiger partial charge in [0.05, 0.1) is 5.60 Å². The Kier molecular flexibility index (Phi) is 4.20. The van der Waals surface area contributed by atoms with Crippen molar-refractivity contribution in [3.8, 4) is 0 Å². The lowest BCUT2D eigenvalue weighted by molar-refractivity contribution is 0.0712. The van der Waals surface area contributed by atoms with Gasteiger partial charge in [-0.15, -0.1) is 0 Å². The molecule has 13 heavy (non-hydrogen) atoms. The van der Waals surface area contributed by atoms with Crippen LogP contribution in [-0.2, 0) is 0 Å². The summed E-state index contributed by atoms with van der Waals surface area (Å²) < 4.78 is 0. The Hall–Kier alpha value is -0.0800. The maximum Gasteiger partial charge on any atom is 0.0603 e. The molecule has 0 spiro atoms. The molecule has 0 aromatic heterocycles. The number of aliphatic hydroxyl groups is 1. The van der Waals surface area contributed by atoms with E-state index < -0.39 is 5.60 Å². The van der Waals surface area contributed by atoms with E-state index >= 15 is 0 Å². The van der Waals surface area contributed by atoms with Gasteiger partial charge >= 0.3 is 0 Å². The predicted octanol–water partition coefficient (Wildman–Crippen LogP) is 1.93. The second kappa shape index (κ2) is 4.97. The van der Waals surface area contributed by atoms with Gasteiger partial charge in [-0.25, -0.2) is 0 Å². The van der Waals surface area contributed by atoms with E-state index in [0.717, 1.165) is 25.4 Å². The Bertz CT molecular complexity index is 136. The summed E-state index contributed by atoms with van der Waals surface area (Å²) in [7, 11) is 0. The summed E-state index contributed by atoms with van der Waals surface area (Å²) in [6, 6.07) is 0. The van der Waals surface area contributed by atoms with Crippen LogP contribution in [0.1, 0.15) is 46.0 Å². The van der Waals surface area contributed by atoms with Gasteiger partial charge in [-0.2, -0.15) is 0 Å². The lowest BCUT2D eigenvalue weighted by atomic mass is 10.1. The summed E-state index contributed by atoms with van der Waals surface area (Å²) >= 11 is 0. The van der Waals surface area contributed by atoms with E-state index in [1.54, 1.807) is 0 Å². The number of nitrogens with one attached hydrogen (secondary N) is 1. The fraction of sp³-hybridized carbons (Fsp3) is 1.00. The minimum Gasteiger partial charge on any atom is -0.390 e. The van der Waals surface area contributed by atoms with E-state index in [1.807, 2.05) is 13.8 Å². The third kappa shape index (κ3) is 7.03. The maximum absolute atomic E-state index is 9.43. The number of rotatable bonds is 7. The van der Waals surface area contributed by atoms with Crippen molar-refractivity contribution in [1.29, 1.82) is 0 Å². The summed E-state index contributed by atoms with van der Waals surface area (Å²) in [4.78, 5) is 0. The highest BCUT2D eigenvalue weighted by molar-refractivity contribution is 4.73. The molecule has 0 radical (unpaired) electrons. The molecule has 1 fully saturated rings. The van der Waals surface area contributed by atoms with Crippen LogP contribution in [0.4, 0.5) is 0 Å². The first-order valence-corrected chi connectivity index (χ1v) is 5.51. The van der Waals surface area contributed by atoms with Crippen molar-refractivity contribution in [3.63, 3.8) is 0 Å². The van der Waals surface area contributed by atoms with Crippen LogP contribution in [-0.4, -0.2) is 23.8 Å². The quantitative estimate of drug-likeness (QED) is 0.594. The molecule has 1 rings (SSSR count). The Morgan fingerprint density at radius 3 is 2.54 bits per heavy atom. The average molecular weight is 185 g/mol. The first-order chi connectivity index (χ1) is 6.08. The molecule has 2 heteroatoms. The molecule has 1 saturated carbocycles. The molecule has 2 N–H and O–H groups in total. The van der Waals surface area contributed by atoms with Crippen LogP contribution < -0.4 is 5.32 Å². The molecule has 0 aromatic carbocycles. The van der Waals surface area contributed by atoms with Gasteiger partial charge < -0.3 is 10.4 Å². The van der Waals surface area contributed by atoms with Crippen molar-refractivity contribution in [1.82, 2.24) is 5.32 Å². The molecule has 0 unspecified atom stereocenters. The first kappa shape index (κ1) is 11.0. The molecule has 0 aromatic rings. The molecular weight excluding hydrogens is 162 g/mol. The second-order valence-corrected chi connectivity index (χ2v) is 4.90. The first-order valence-electron chi connectivity index (χ1n) is 5.51. The Balaban J connectivity index is 1.78. The topological polar surface area (TPSA) is 32.3 Å². The minimum atomic E-state index is -0.510. The van der Waals surface area contributed by atoms with E-state index in [0.29, 0.717) is 0 Å². The SMILES string of the molecule is CC(C)(O)CCNCCCC1CC1. The van der Waals surface area contributed by atoms with Crippen LogP contribution in [0.3, 0.4) is 0 Å². The summed E-state index contributed by atoms with van der Waals surface area (Å²) in [6.07, 6.45) is 6.47. The van der Waals surface area contributed by atoms with E-state index in [9.17, 15) is 5.11 Å². The summed E-state index contributed by atoms with van der Waals surface area (Å²) in [5.41, 5.74) is -0.510. The lowest BCUT2D eigenvalue weighted by Crippen LogP contribution is -2.27. The Morgan fingerprint density at radius 1 is 1.31 bits per heavy atom. The van der Waals surface area contributed by atoms with Crippen molar-refractivity contribution >= 4 is 0 Å². The van der Waals surface area contributed by atoms with E-state index in [-0.39, 0.29) is 0 Å². The zero-order valence-corrected chi connectivity index (χ0v) is 8.97. The molecule has 0 bridgehead atoms. The van der Waals surface area contributed by atoms with E-state index in [4.69, 9.17) is 0 Å². The molecular formula is C11H23NO. The van der Waals surface area contributed by atoms with Crippen molar-refractivity contribution in [3.05, 3.63) is 0 Å². The third-order valence-corrected chi connectivity index (χ3v) is 2.58. The lowest BCUT2D eigenvalue weighted by Gasteiger charge is -2.16. The highest BCUT2D eigenvalue weighted by Crippen LogP contribution is 2.33. The van der Waals surface area contributed by atoms with Crippen molar-refractivity contribution in [2.45, 2.75) is 51.6 Å². The fourth-order valence-electron chi connectivity index (χ4n) is 1.44. The van der Waals surface area contributed by atoms with Gasteiger partial charge in [0, 0.05) is 0 Å². The van der Waals surface area contributed by atoms with Crippen LogP contribution in [0.5, 0.6) is 0 Å². The largest absolute Gasteiger partial charge is 0.390 e. The highest BCUT2D eigenvalue weighted by atomic mass is 16.3. The molecule has 0 saturated heterocycles. The Labute approximate surface area is 81.7 Å². The van der Waals surface area contributed by atoms with Crippen LogP contribution in [0.25, 0.3) is 0 Å². The molecule has 0 amide bonds. The standard InChI is InChI=1S/C11H23NO/c1-11(2,13)7-9-12-8-3-4-10-5-6-10/h10,12-13H,3-9H2,1-2H3. The molecule has 0 aliphatic heterocycles. The number of hydrogen-bond acceptors (Lipinski definition) is 2. The van der Waals surface area contributed by atoms with Crippen LogP contribution in [0.15, 0.2) is 0 Å². The van der Waals surface area contributed by atoms with Gasteiger partial charge in [0.2, 0.25) is 0 Å². The van der Waals surface area contributed by atoms with Gasteiger partial charge in [0.25, 0.3) is 0 Å². The minimum absolute atomic E-state index is 0.510. The zero-order chi connectivity index (χ0) is 9.73. The van der Waals surface area contributed by atoms with Crippen molar-refractivity contribution in [2.24, 2.45) is 5.92 Å². The van der Waals surface area contributed by atoms with Gasteiger partial charge in [-0.3, -0.25) is 0 Å². The monoisotopic (exact) mass is 185 g/mol. The van der Waals surface area contributed by atoms with E-state index in [2.05, 4.69) is 5.32 Å². The fourth-order valence-corrected chi connectivity index (χ4v) is 1.44. The molecule has 1 aliphatic rings. The third-order valence-electron chi connectivity index (χ3n) is 2.58. The predicted molar refractivity (Wildman–Crippen MR) is 55.7 cm³/mol. The summed E-state index contributed by atoms with van der Waals surface area (Å²) in [5.74, 6) is 1.05. The maximum atomic E-state index is 9.43. The number of hydrogen-bond donors (Lipinski definition) is 2. The molecule has 2 nitrogen and oxygen atoms in total. The molecule has 78 valence electrons. The van der Waals surface area contributed by atoms with Gasteiger partial charge in [0.1, 0.15) is 0 Å². The van der Waals surface area contributed by atoms with Gasteiger partial charge in [0.15, 0.2) is 0 Å². The Morgan fingerprint density at radius 2 is 2.00 bits per heavy atom. The molecule has 1 aliphatic carbocycles. The zero-order valence-electron chi connectivity index (χ0n) is 8.97. The van der Waals surface area contributed by atoms with Crippen LogP contribution in [0.2, 0.25) is 0 Å². The van der Waals surface area contributed by atoms with Crippen LogP contribution >= 0.6 is 0 Å². The van der Waals surface area contributed by atoms with Gasteiger partial charge in [-0.05, 0) is 52.1 Å².